The van der Waals surface area contributed by atoms with Gasteiger partial charge in [-0.25, -0.2) is 4.98 Å². The Balaban J connectivity index is 1.82. The maximum Gasteiger partial charge on any atom is 0.255 e. The predicted octanol–water partition coefficient (Wildman–Crippen LogP) is 2.17. The second-order valence-corrected chi connectivity index (χ2v) is 6.49. The minimum atomic E-state index is -0.0525. The lowest BCUT2D eigenvalue weighted by atomic mass is 10.0. The number of aromatic nitrogens is 2. The highest BCUT2D eigenvalue weighted by atomic mass is 16.5. The molecule has 24 heavy (non-hydrogen) atoms. The molecule has 0 amide bonds. The van der Waals surface area contributed by atoms with Gasteiger partial charge < -0.3 is 14.8 Å². The summed E-state index contributed by atoms with van der Waals surface area (Å²) in [6.07, 6.45) is 0.740. The van der Waals surface area contributed by atoms with E-state index in [-0.39, 0.29) is 17.2 Å². The van der Waals surface area contributed by atoms with E-state index in [2.05, 4.69) is 14.9 Å². The zero-order valence-corrected chi connectivity index (χ0v) is 14.3. The molecule has 2 heterocycles. The monoisotopic (exact) mass is 329 g/mol. The molecule has 128 valence electrons. The maximum atomic E-state index is 12.4. The number of benzene rings is 1. The average molecular weight is 329 g/mol. The van der Waals surface area contributed by atoms with E-state index in [1.807, 2.05) is 19.9 Å². The Bertz CT molecular complexity index is 799. The van der Waals surface area contributed by atoms with Gasteiger partial charge in [0.1, 0.15) is 17.3 Å². The first-order valence-electron chi connectivity index (χ1n) is 8.18. The van der Waals surface area contributed by atoms with Gasteiger partial charge in [-0.1, -0.05) is 13.8 Å². The Morgan fingerprint density at radius 2 is 2.21 bits per heavy atom. The third kappa shape index (κ3) is 3.28. The molecule has 0 atom stereocenters. The van der Waals surface area contributed by atoms with E-state index in [1.54, 1.807) is 19.2 Å². The van der Waals surface area contributed by atoms with E-state index < -0.39 is 0 Å². The number of aromatic amines is 1. The third-order valence-electron chi connectivity index (χ3n) is 4.39. The van der Waals surface area contributed by atoms with Gasteiger partial charge in [0, 0.05) is 37.5 Å². The fraction of sp³-hybridized carbons (Fsp3) is 0.444. The number of phenols is 1. The van der Waals surface area contributed by atoms with Crippen LogP contribution in [0, 0.1) is 0 Å². The van der Waals surface area contributed by atoms with Crippen LogP contribution in [-0.4, -0.2) is 33.6 Å². The van der Waals surface area contributed by atoms with Crippen molar-refractivity contribution in [3.05, 3.63) is 51.2 Å². The first-order valence-corrected chi connectivity index (χ1v) is 8.18. The number of nitrogens with one attached hydrogen (secondary N) is 1. The number of hydrogen-bond acceptors (Lipinski definition) is 5. The Hall–Kier alpha value is -2.34. The van der Waals surface area contributed by atoms with Crippen LogP contribution in [0.3, 0.4) is 0 Å². The Kier molecular flexibility index (Phi) is 4.57. The molecule has 1 aromatic carbocycles. The molecule has 1 aliphatic rings. The summed E-state index contributed by atoms with van der Waals surface area (Å²) in [6, 6.07) is 5.19. The van der Waals surface area contributed by atoms with Gasteiger partial charge in [-0.2, -0.15) is 0 Å². The number of fused-ring (bicyclic) bond motifs is 1. The van der Waals surface area contributed by atoms with Crippen molar-refractivity contribution in [1.29, 1.82) is 0 Å². The summed E-state index contributed by atoms with van der Waals surface area (Å²) in [4.78, 5) is 22.0. The highest BCUT2D eigenvalue weighted by Gasteiger charge is 2.22. The van der Waals surface area contributed by atoms with E-state index in [1.165, 1.54) is 0 Å². The largest absolute Gasteiger partial charge is 0.508 e. The summed E-state index contributed by atoms with van der Waals surface area (Å²) in [5.74, 6) is 1.90. The number of aromatic hydroxyl groups is 1. The lowest BCUT2D eigenvalue weighted by molar-refractivity contribution is 0.238. The van der Waals surface area contributed by atoms with E-state index in [4.69, 9.17) is 4.74 Å². The van der Waals surface area contributed by atoms with Crippen LogP contribution in [0.5, 0.6) is 11.5 Å². The topological polar surface area (TPSA) is 78.5 Å². The molecule has 2 aromatic rings. The molecule has 1 aliphatic heterocycles. The van der Waals surface area contributed by atoms with Crippen LogP contribution in [0.2, 0.25) is 0 Å². The number of ether oxygens (including phenoxy) is 1. The second kappa shape index (κ2) is 6.65. The van der Waals surface area contributed by atoms with Crippen molar-refractivity contribution in [3.8, 4) is 11.5 Å². The van der Waals surface area contributed by atoms with Crippen molar-refractivity contribution >= 4 is 0 Å². The average Bonchev–Trinajstić information content (AvgIpc) is 2.57. The molecule has 6 nitrogen and oxygen atoms in total. The predicted molar refractivity (Wildman–Crippen MR) is 91.4 cm³/mol. The Morgan fingerprint density at radius 3 is 2.92 bits per heavy atom. The standard InChI is InChI=1S/C18H23N3O3/c1-11(2)17-19-15-6-7-21(10-14(15)18(23)20-17)9-12-8-13(24-3)4-5-16(12)22/h4-5,8,11,22H,6-7,9-10H2,1-3H3,(H,19,20,23). The molecule has 6 heteroatoms. The molecule has 0 radical (unpaired) electrons. The minimum absolute atomic E-state index is 0.0525. The lowest BCUT2D eigenvalue weighted by Gasteiger charge is -2.28. The fourth-order valence-electron chi connectivity index (χ4n) is 2.96. The van der Waals surface area contributed by atoms with Gasteiger partial charge in [-0.15, -0.1) is 0 Å². The second-order valence-electron chi connectivity index (χ2n) is 6.49. The normalized spacial score (nSPS) is 14.7. The highest BCUT2D eigenvalue weighted by Crippen LogP contribution is 2.26. The van der Waals surface area contributed by atoms with Crippen LogP contribution in [0.4, 0.5) is 0 Å². The lowest BCUT2D eigenvalue weighted by Crippen LogP contribution is -2.36. The van der Waals surface area contributed by atoms with Crippen LogP contribution in [-0.2, 0) is 19.5 Å². The SMILES string of the molecule is COc1ccc(O)c(CN2CCc3nc(C(C)C)[nH]c(=O)c3C2)c1. The number of methoxy groups -OCH3 is 1. The quantitative estimate of drug-likeness (QED) is 0.899. The number of hydrogen-bond donors (Lipinski definition) is 2. The van der Waals surface area contributed by atoms with Gasteiger partial charge in [0.25, 0.3) is 5.56 Å². The molecule has 2 N–H and O–H groups in total. The van der Waals surface area contributed by atoms with Crippen LogP contribution >= 0.6 is 0 Å². The molecule has 0 unspecified atom stereocenters. The van der Waals surface area contributed by atoms with E-state index in [0.717, 1.165) is 35.6 Å². The maximum absolute atomic E-state index is 12.4. The first-order chi connectivity index (χ1) is 11.5. The van der Waals surface area contributed by atoms with Gasteiger partial charge in [-0.05, 0) is 18.2 Å². The van der Waals surface area contributed by atoms with Gasteiger partial charge >= 0.3 is 0 Å². The van der Waals surface area contributed by atoms with Gasteiger partial charge in [0.05, 0.1) is 18.4 Å². The molecular formula is C18H23N3O3. The van der Waals surface area contributed by atoms with Crippen LogP contribution in [0.25, 0.3) is 0 Å². The summed E-state index contributed by atoms with van der Waals surface area (Å²) >= 11 is 0. The molecule has 0 spiro atoms. The van der Waals surface area contributed by atoms with Crippen LogP contribution in [0.1, 0.15) is 42.4 Å². The third-order valence-corrected chi connectivity index (χ3v) is 4.39. The molecule has 0 saturated heterocycles. The van der Waals surface area contributed by atoms with Crippen molar-refractivity contribution in [2.45, 2.75) is 39.3 Å². The molecule has 3 rings (SSSR count). The summed E-state index contributed by atoms with van der Waals surface area (Å²) in [7, 11) is 1.60. The molecule has 1 aromatic heterocycles. The van der Waals surface area contributed by atoms with E-state index in [0.29, 0.717) is 18.8 Å². The molecule has 0 bridgehead atoms. The summed E-state index contributed by atoms with van der Waals surface area (Å²) in [5.41, 5.74) is 2.37. The Morgan fingerprint density at radius 1 is 1.42 bits per heavy atom. The van der Waals surface area contributed by atoms with E-state index in [9.17, 15) is 9.90 Å². The smallest absolute Gasteiger partial charge is 0.255 e. The van der Waals surface area contributed by atoms with Crippen molar-refractivity contribution in [1.82, 2.24) is 14.9 Å². The molecule has 0 saturated carbocycles. The zero-order valence-electron chi connectivity index (χ0n) is 14.3. The highest BCUT2D eigenvalue weighted by molar-refractivity contribution is 5.39. The summed E-state index contributed by atoms with van der Waals surface area (Å²) < 4.78 is 5.22. The molecule has 0 fully saturated rings. The molecular weight excluding hydrogens is 306 g/mol. The fourth-order valence-corrected chi connectivity index (χ4v) is 2.96. The Labute approximate surface area is 141 Å². The minimum Gasteiger partial charge on any atom is -0.508 e. The van der Waals surface area contributed by atoms with Crippen LogP contribution in [0.15, 0.2) is 23.0 Å². The summed E-state index contributed by atoms with van der Waals surface area (Å²) in [5, 5.41) is 10.0. The van der Waals surface area contributed by atoms with Crippen molar-refractivity contribution in [3.63, 3.8) is 0 Å². The number of H-pyrrole nitrogens is 1. The van der Waals surface area contributed by atoms with Gasteiger partial charge in [0.2, 0.25) is 0 Å². The molecule has 0 aliphatic carbocycles. The number of phenolic OH excluding ortho intramolecular Hbond substituents is 1. The summed E-state index contributed by atoms with van der Waals surface area (Å²) in [6.45, 7) is 5.94. The van der Waals surface area contributed by atoms with Gasteiger partial charge in [0.15, 0.2) is 0 Å². The van der Waals surface area contributed by atoms with Crippen molar-refractivity contribution < 1.29 is 9.84 Å². The van der Waals surface area contributed by atoms with Crippen molar-refractivity contribution in [2.75, 3.05) is 13.7 Å². The number of nitrogens with zero attached hydrogens (tertiary/aromatic N) is 2. The number of rotatable bonds is 4. The zero-order chi connectivity index (χ0) is 17.3. The van der Waals surface area contributed by atoms with Crippen molar-refractivity contribution in [2.24, 2.45) is 0 Å². The van der Waals surface area contributed by atoms with E-state index >= 15 is 0 Å². The first kappa shape index (κ1) is 16.5. The van der Waals surface area contributed by atoms with Crippen LogP contribution < -0.4 is 10.3 Å². The van der Waals surface area contributed by atoms with Gasteiger partial charge in [-0.3, -0.25) is 9.69 Å².